The Kier molecular flexibility index (Phi) is 9.32. The van der Waals surface area contributed by atoms with Crippen LogP contribution in [0.2, 0.25) is 0 Å². The van der Waals surface area contributed by atoms with E-state index in [1.807, 2.05) is 0 Å². The van der Waals surface area contributed by atoms with Crippen molar-refractivity contribution in [1.29, 1.82) is 0 Å². The molecule has 0 aliphatic carbocycles. The van der Waals surface area contributed by atoms with Gasteiger partial charge in [0.2, 0.25) is 5.91 Å². The first-order valence-electron chi connectivity index (χ1n) is 7.15. The molecule has 3 N–H and O–H groups in total. The molecule has 0 heterocycles. The third kappa shape index (κ3) is 9.20. The molecule has 0 aromatic carbocycles. The monoisotopic (exact) mass is 292 g/mol. The van der Waals surface area contributed by atoms with E-state index < -0.39 is 13.4 Å². The molecular weight excluding hydrogens is 263 g/mol. The average molecular weight is 292 g/mol. The van der Waals surface area contributed by atoms with Gasteiger partial charge in [-0.25, -0.2) is 0 Å². The molecule has 114 valence electrons. The Morgan fingerprint density at radius 3 is 2.11 bits per heavy atom. The summed E-state index contributed by atoms with van der Waals surface area (Å²) in [4.78, 5) is 23.2. The van der Waals surface area contributed by atoms with Crippen LogP contribution in [0.5, 0.6) is 0 Å². The van der Waals surface area contributed by atoms with Gasteiger partial charge in [0, 0.05) is 25.9 Å². The maximum atomic E-state index is 12.2. The van der Waals surface area contributed by atoms with Crippen LogP contribution in [0.15, 0.2) is 0 Å². The topological polar surface area (TPSA) is 83.6 Å². The van der Waals surface area contributed by atoms with E-state index in [0.717, 1.165) is 38.8 Å². The number of unbranched alkanes of at least 4 members (excludes halogenated alkanes) is 2. The van der Waals surface area contributed by atoms with E-state index in [9.17, 15) is 14.3 Å². The molecule has 0 fully saturated rings. The summed E-state index contributed by atoms with van der Waals surface area (Å²) in [5.41, 5.74) is 5.85. The van der Waals surface area contributed by atoms with Crippen molar-refractivity contribution in [3.8, 4) is 0 Å². The average Bonchev–Trinajstić information content (AvgIpc) is 2.34. The molecule has 1 amide bonds. The molecule has 6 heteroatoms. The highest BCUT2D eigenvalue weighted by Crippen LogP contribution is 2.35. The lowest BCUT2D eigenvalue weighted by Crippen LogP contribution is -2.45. The van der Waals surface area contributed by atoms with Gasteiger partial charge in [-0.1, -0.05) is 26.7 Å². The molecule has 0 bridgehead atoms. The summed E-state index contributed by atoms with van der Waals surface area (Å²) in [6, 6.07) is -0.658. The minimum absolute atomic E-state index is 0.0876. The maximum Gasteiger partial charge on any atom is 0.239 e. The van der Waals surface area contributed by atoms with Crippen LogP contribution in [-0.4, -0.2) is 47.7 Å². The summed E-state index contributed by atoms with van der Waals surface area (Å²) in [6.45, 7) is 6.93. The Balaban J connectivity index is 4.37. The van der Waals surface area contributed by atoms with Crippen molar-refractivity contribution in [3.63, 3.8) is 0 Å². The van der Waals surface area contributed by atoms with E-state index in [0.29, 0.717) is 0 Å². The van der Waals surface area contributed by atoms with Gasteiger partial charge in [-0.15, -0.1) is 0 Å². The van der Waals surface area contributed by atoms with Crippen LogP contribution in [-0.2, 0) is 9.36 Å². The Hall–Kier alpha value is -0.380. The van der Waals surface area contributed by atoms with Gasteiger partial charge >= 0.3 is 0 Å². The van der Waals surface area contributed by atoms with Crippen LogP contribution in [0.3, 0.4) is 0 Å². The molecule has 0 saturated carbocycles. The fraction of sp³-hybridized carbons (Fsp3) is 0.923. The molecule has 5 nitrogen and oxygen atoms in total. The molecule has 0 aromatic heterocycles. The number of hydrogen-bond donors (Lipinski definition) is 2. The fourth-order valence-electron chi connectivity index (χ4n) is 1.77. The maximum absolute atomic E-state index is 12.2. The van der Waals surface area contributed by atoms with Crippen molar-refractivity contribution in [2.45, 2.75) is 52.0 Å². The van der Waals surface area contributed by atoms with Gasteiger partial charge in [0.15, 0.2) is 7.37 Å². The van der Waals surface area contributed by atoms with E-state index in [1.165, 1.54) is 6.66 Å². The molecule has 0 spiro atoms. The standard InChI is InChI=1S/C13H29N2O3P/c1-4-6-9-15(10-7-5-2)13(16)12(14)8-11-19(3,17)18/h12H,4-11,14H2,1-3H3,(H,17,18). The highest BCUT2D eigenvalue weighted by atomic mass is 31.2. The van der Waals surface area contributed by atoms with Crippen LogP contribution >= 0.6 is 7.37 Å². The van der Waals surface area contributed by atoms with Gasteiger partial charge in [0.25, 0.3) is 0 Å². The third-order valence-corrected chi connectivity index (χ3v) is 4.14. The van der Waals surface area contributed by atoms with Gasteiger partial charge in [0.05, 0.1) is 6.04 Å². The number of carbonyl (C=O) groups is 1. The molecule has 0 aromatic rings. The minimum atomic E-state index is -3.08. The molecular formula is C13H29N2O3P. The summed E-state index contributed by atoms with van der Waals surface area (Å²) < 4.78 is 11.2. The van der Waals surface area contributed by atoms with Crippen molar-refractivity contribution in [3.05, 3.63) is 0 Å². The zero-order valence-corrected chi connectivity index (χ0v) is 13.4. The summed E-state index contributed by atoms with van der Waals surface area (Å²) in [7, 11) is -3.08. The number of hydrogen-bond acceptors (Lipinski definition) is 3. The highest BCUT2D eigenvalue weighted by molar-refractivity contribution is 7.57. The molecule has 2 atom stereocenters. The second-order valence-electron chi connectivity index (χ2n) is 5.20. The Labute approximate surface area is 117 Å². The minimum Gasteiger partial charge on any atom is -0.344 e. The largest absolute Gasteiger partial charge is 0.344 e. The van der Waals surface area contributed by atoms with Gasteiger partial charge in [-0.3, -0.25) is 9.36 Å². The van der Waals surface area contributed by atoms with E-state index in [4.69, 9.17) is 5.73 Å². The first-order valence-corrected chi connectivity index (χ1v) is 9.44. The molecule has 0 saturated heterocycles. The van der Waals surface area contributed by atoms with Crippen LogP contribution < -0.4 is 5.73 Å². The lowest BCUT2D eigenvalue weighted by atomic mass is 10.2. The smallest absolute Gasteiger partial charge is 0.239 e. The second kappa shape index (κ2) is 9.51. The highest BCUT2D eigenvalue weighted by Gasteiger charge is 2.22. The van der Waals surface area contributed by atoms with Gasteiger partial charge in [0.1, 0.15) is 0 Å². The number of rotatable bonds is 10. The SMILES string of the molecule is CCCCN(CCCC)C(=O)C(N)CCP(C)(=O)O. The Bertz CT molecular complexity index is 296. The quantitative estimate of drug-likeness (QED) is 0.603. The van der Waals surface area contributed by atoms with Crippen LogP contribution in [0, 0.1) is 0 Å². The summed E-state index contributed by atoms with van der Waals surface area (Å²) in [5, 5.41) is 0. The van der Waals surface area contributed by atoms with E-state index in [1.54, 1.807) is 4.90 Å². The third-order valence-electron chi connectivity index (χ3n) is 3.05. The van der Waals surface area contributed by atoms with Crippen LogP contribution in [0.1, 0.15) is 46.0 Å². The summed E-state index contributed by atoms with van der Waals surface area (Å²) in [5.74, 6) is -0.0876. The lowest BCUT2D eigenvalue weighted by Gasteiger charge is -2.25. The van der Waals surface area contributed by atoms with Gasteiger partial charge in [-0.2, -0.15) is 0 Å². The first kappa shape index (κ1) is 18.6. The normalized spacial score (nSPS) is 15.8. The molecule has 0 aliphatic heterocycles. The number of nitrogens with two attached hydrogens (primary N) is 1. The van der Waals surface area contributed by atoms with Crippen LogP contribution in [0.25, 0.3) is 0 Å². The number of carbonyl (C=O) groups excluding carboxylic acids is 1. The van der Waals surface area contributed by atoms with Crippen molar-refractivity contribution < 1.29 is 14.3 Å². The van der Waals surface area contributed by atoms with Crippen molar-refractivity contribution in [1.82, 2.24) is 4.90 Å². The zero-order valence-electron chi connectivity index (χ0n) is 12.5. The summed E-state index contributed by atoms with van der Waals surface area (Å²) >= 11 is 0. The Morgan fingerprint density at radius 2 is 1.74 bits per heavy atom. The first-order chi connectivity index (χ1) is 8.81. The van der Waals surface area contributed by atoms with E-state index in [-0.39, 0.29) is 18.5 Å². The van der Waals surface area contributed by atoms with Gasteiger partial charge < -0.3 is 15.5 Å². The molecule has 0 aliphatic rings. The van der Waals surface area contributed by atoms with E-state index in [2.05, 4.69) is 13.8 Å². The second-order valence-corrected chi connectivity index (χ2v) is 7.75. The Morgan fingerprint density at radius 1 is 1.26 bits per heavy atom. The van der Waals surface area contributed by atoms with Gasteiger partial charge in [-0.05, 0) is 19.3 Å². The lowest BCUT2D eigenvalue weighted by molar-refractivity contribution is -0.132. The number of nitrogens with zero attached hydrogens (tertiary/aromatic N) is 1. The van der Waals surface area contributed by atoms with Crippen molar-refractivity contribution >= 4 is 13.3 Å². The van der Waals surface area contributed by atoms with Crippen LogP contribution in [0.4, 0.5) is 0 Å². The van der Waals surface area contributed by atoms with Crippen molar-refractivity contribution in [2.75, 3.05) is 25.9 Å². The molecule has 2 unspecified atom stereocenters. The predicted octanol–water partition coefficient (Wildman–Crippen LogP) is 2.03. The fourth-order valence-corrected chi connectivity index (χ4v) is 2.52. The predicted molar refractivity (Wildman–Crippen MR) is 79.6 cm³/mol. The van der Waals surface area contributed by atoms with Crippen molar-refractivity contribution in [2.24, 2.45) is 5.73 Å². The zero-order chi connectivity index (χ0) is 14.9. The molecule has 0 radical (unpaired) electrons. The number of amides is 1. The summed E-state index contributed by atoms with van der Waals surface area (Å²) in [6.07, 6.45) is 4.38. The molecule has 0 rings (SSSR count). The molecule has 19 heavy (non-hydrogen) atoms. The van der Waals surface area contributed by atoms with E-state index >= 15 is 0 Å².